The number of aromatic nitrogens is 4. The normalized spacial score (nSPS) is 9.77. The van der Waals surface area contributed by atoms with Gasteiger partial charge in [-0.05, 0) is 24.1 Å². The van der Waals surface area contributed by atoms with Crippen LogP contribution in [0.1, 0.15) is 53.2 Å². The number of hydrogen-bond donors (Lipinski definition) is 0. The van der Waals surface area contributed by atoms with Crippen molar-refractivity contribution < 1.29 is 0 Å². The highest BCUT2D eigenvalue weighted by atomic mass is 15.1. The summed E-state index contributed by atoms with van der Waals surface area (Å²) in [6, 6.07) is 6.09. The van der Waals surface area contributed by atoms with Crippen molar-refractivity contribution in [1.82, 2.24) is 19.5 Å². The van der Waals surface area contributed by atoms with Gasteiger partial charge in [-0.1, -0.05) is 41.5 Å². The Labute approximate surface area is 133 Å². The lowest BCUT2D eigenvalue weighted by atomic mass is 10.1. The zero-order valence-corrected chi connectivity index (χ0v) is 14.4. The first-order valence-electron chi connectivity index (χ1n) is 7.99. The van der Waals surface area contributed by atoms with Crippen LogP contribution in [0, 0.1) is 0 Å². The molecule has 4 heteroatoms. The molecule has 3 rings (SSSR count). The van der Waals surface area contributed by atoms with Crippen LogP contribution in [-0.4, -0.2) is 19.5 Å². The average molecular weight is 298 g/mol. The Bertz CT molecular complexity index is 669. The third-order valence-corrected chi connectivity index (χ3v) is 2.99. The van der Waals surface area contributed by atoms with Crippen molar-refractivity contribution in [1.29, 1.82) is 0 Å². The van der Waals surface area contributed by atoms with Gasteiger partial charge in [0.25, 0.3) is 0 Å². The van der Waals surface area contributed by atoms with Crippen LogP contribution in [0.2, 0.25) is 0 Å². The number of pyridine rings is 2. The molecule has 0 N–H and O–H groups in total. The molecule has 0 saturated heterocycles. The topological polar surface area (TPSA) is 43.6 Å². The molecule has 0 aliphatic heterocycles. The Morgan fingerprint density at radius 1 is 0.909 bits per heavy atom. The highest BCUT2D eigenvalue weighted by Gasteiger charge is 2.05. The molecule has 0 unspecified atom stereocenters. The smallest absolute Gasteiger partial charge is 0.107 e. The molecule has 0 radical (unpaired) electrons. The molecule has 0 spiro atoms. The Hall–Kier alpha value is -2.23. The van der Waals surface area contributed by atoms with Crippen molar-refractivity contribution in [3.8, 4) is 5.69 Å². The van der Waals surface area contributed by atoms with Crippen molar-refractivity contribution in [2.24, 2.45) is 0 Å². The minimum atomic E-state index is 0.447. The van der Waals surface area contributed by atoms with Gasteiger partial charge < -0.3 is 0 Å². The van der Waals surface area contributed by atoms with Crippen molar-refractivity contribution in [2.45, 2.75) is 47.5 Å². The molecule has 0 saturated carbocycles. The van der Waals surface area contributed by atoms with E-state index in [0.717, 1.165) is 22.4 Å². The molecule has 3 aromatic heterocycles. The van der Waals surface area contributed by atoms with E-state index >= 15 is 0 Å². The standard InChI is InChI=1S/C14H14N4.2C2H6/c1-10(2)12-4-3-11(7-16-12)18-9-17-13-8-15-6-5-14(13)18;2*1-2/h3-10H,1-2H3;2*1-2H3. The minimum absolute atomic E-state index is 0.447. The van der Waals surface area contributed by atoms with Gasteiger partial charge in [0.2, 0.25) is 0 Å². The third-order valence-electron chi connectivity index (χ3n) is 2.99. The summed E-state index contributed by atoms with van der Waals surface area (Å²) in [6.45, 7) is 12.3. The highest BCUT2D eigenvalue weighted by Crippen LogP contribution is 2.18. The van der Waals surface area contributed by atoms with Crippen LogP contribution in [-0.2, 0) is 0 Å². The predicted octanol–water partition coefficient (Wildman–Crippen LogP) is 4.99. The van der Waals surface area contributed by atoms with Gasteiger partial charge in [0, 0.05) is 11.9 Å². The largest absolute Gasteiger partial charge is 0.297 e. The van der Waals surface area contributed by atoms with Gasteiger partial charge in [0.1, 0.15) is 11.8 Å². The van der Waals surface area contributed by atoms with Crippen LogP contribution in [0.3, 0.4) is 0 Å². The van der Waals surface area contributed by atoms with E-state index in [9.17, 15) is 0 Å². The molecule has 22 heavy (non-hydrogen) atoms. The maximum Gasteiger partial charge on any atom is 0.107 e. The summed E-state index contributed by atoms with van der Waals surface area (Å²) in [4.78, 5) is 12.9. The lowest BCUT2D eigenvalue weighted by molar-refractivity contribution is 0.820. The second kappa shape index (κ2) is 8.93. The van der Waals surface area contributed by atoms with Crippen LogP contribution in [0.15, 0.2) is 43.1 Å². The molecule has 0 amide bonds. The van der Waals surface area contributed by atoms with E-state index < -0.39 is 0 Å². The Balaban J connectivity index is 0.000000561. The number of fused-ring (bicyclic) bond motifs is 1. The van der Waals surface area contributed by atoms with Gasteiger partial charge in [0.05, 0.1) is 23.6 Å². The van der Waals surface area contributed by atoms with E-state index in [1.807, 2.05) is 44.5 Å². The van der Waals surface area contributed by atoms with Crippen LogP contribution in [0.25, 0.3) is 16.7 Å². The lowest BCUT2D eigenvalue weighted by Crippen LogP contribution is -1.96. The van der Waals surface area contributed by atoms with Crippen LogP contribution >= 0.6 is 0 Å². The van der Waals surface area contributed by atoms with Crippen molar-refractivity contribution in [2.75, 3.05) is 0 Å². The fourth-order valence-electron chi connectivity index (χ4n) is 1.95. The fourth-order valence-corrected chi connectivity index (χ4v) is 1.95. The molecule has 0 aliphatic carbocycles. The molecule has 0 bridgehead atoms. The molecule has 3 aromatic rings. The SMILES string of the molecule is CC.CC.CC(C)c1ccc(-n2cnc3cnccc32)cn1. The monoisotopic (exact) mass is 298 g/mol. The van der Waals surface area contributed by atoms with Crippen molar-refractivity contribution in [3.63, 3.8) is 0 Å². The van der Waals surface area contributed by atoms with Crippen LogP contribution in [0.5, 0.6) is 0 Å². The fraction of sp³-hybridized carbons (Fsp3) is 0.389. The van der Waals surface area contributed by atoms with Gasteiger partial charge >= 0.3 is 0 Å². The number of imidazole rings is 1. The third kappa shape index (κ3) is 3.91. The quantitative estimate of drug-likeness (QED) is 0.669. The van der Waals surface area contributed by atoms with Gasteiger partial charge in [-0.3, -0.25) is 14.5 Å². The van der Waals surface area contributed by atoms with E-state index in [-0.39, 0.29) is 0 Å². The lowest BCUT2D eigenvalue weighted by Gasteiger charge is -2.07. The molecule has 0 aromatic carbocycles. The van der Waals surface area contributed by atoms with E-state index in [4.69, 9.17) is 0 Å². The molecule has 118 valence electrons. The van der Waals surface area contributed by atoms with Crippen LogP contribution in [0.4, 0.5) is 0 Å². The summed E-state index contributed by atoms with van der Waals surface area (Å²) >= 11 is 0. The second-order valence-electron chi connectivity index (χ2n) is 4.57. The first kappa shape index (κ1) is 17.8. The van der Waals surface area contributed by atoms with E-state index in [1.165, 1.54) is 0 Å². The zero-order chi connectivity index (χ0) is 16.5. The second-order valence-corrected chi connectivity index (χ2v) is 4.57. The predicted molar refractivity (Wildman–Crippen MR) is 93.4 cm³/mol. The molecular formula is C18H26N4. The zero-order valence-electron chi connectivity index (χ0n) is 14.4. The van der Waals surface area contributed by atoms with Crippen molar-refractivity contribution >= 4 is 11.0 Å². The number of rotatable bonds is 2. The number of nitrogens with zero attached hydrogens (tertiary/aromatic N) is 4. The number of hydrogen-bond acceptors (Lipinski definition) is 3. The van der Waals surface area contributed by atoms with E-state index in [0.29, 0.717) is 5.92 Å². The highest BCUT2D eigenvalue weighted by molar-refractivity contribution is 5.75. The van der Waals surface area contributed by atoms with E-state index in [1.54, 1.807) is 18.7 Å². The molecule has 0 atom stereocenters. The molecular weight excluding hydrogens is 272 g/mol. The first-order chi connectivity index (χ1) is 10.8. The maximum absolute atomic E-state index is 4.48. The maximum atomic E-state index is 4.48. The van der Waals surface area contributed by atoms with Gasteiger partial charge in [0.15, 0.2) is 0 Å². The van der Waals surface area contributed by atoms with Crippen LogP contribution < -0.4 is 0 Å². The summed E-state index contributed by atoms with van der Waals surface area (Å²) in [5.41, 5.74) is 4.06. The summed E-state index contributed by atoms with van der Waals surface area (Å²) in [7, 11) is 0. The Morgan fingerprint density at radius 3 is 2.23 bits per heavy atom. The molecule has 3 heterocycles. The Kier molecular flexibility index (Phi) is 7.23. The van der Waals surface area contributed by atoms with Crippen molar-refractivity contribution in [3.05, 3.63) is 48.8 Å². The summed E-state index contributed by atoms with van der Waals surface area (Å²) in [5.74, 6) is 0.447. The summed E-state index contributed by atoms with van der Waals surface area (Å²) < 4.78 is 2.02. The van der Waals surface area contributed by atoms with Gasteiger partial charge in [-0.25, -0.2) is 4.98 Å². The van der Waals surface area contributed by atoms with Gasteiger partial charge in [-0.15, -0.1) is 0 Å². The van der Waals surface area contributed by atoms with E-state index in [2.05, 4.69) is 40.9 Å². The molecule has 0 aliphatic rings. The minimum Gasteiger partial charge on any atom is -0.297 e. The average Bonchev–Trinajstić information content (AvgIpc) is 3.02. The Morgan fingerprint density at radius 2 is 1.64 bits per heavy atom. The first-order valence-corrected chi connectivity index (χ1v) is 7.99. The molecule has 4 nitrogen and oxygen atoms in total. The summed E-state index contributed by atoms with van der Waals surface area (Å²) in [6.07, 6.45) is 7.23. The summed E-state index contributed by atoms with van der Waals surface area (Å²) in [5, 5.41) is 0. The van der Waals surface area contributed by atoms with Gasteiger partial charge in [-0.2, -0.15) is 0 Å². The molecule has 0 fully saturated rings.